The van der Waals surface area contributed by atoms with E-state index < -0.39 is 11.9 Å². The van der Waals surface area contributed by atoms with E-state index in [1.165, 1.54) is 0 Å². The predicted molar refractivity (Wildman–Crippen MR) is 71.9 cm³/mol. The first kappa shape index (κ1) is 13.9. The summed E-state index contributed by atoms with van der Waals surface area (Å²) in [4.78, 5) is 24.6. The van der Waals surface area contributed by atoms with Crippen molar-refractivity contribution in [3.8, 4) is 0 Å². The smallest absolute Gasteiger partial charge is 0.308 e. The number of carboxylic acid groups (broad SMARTS) is 1. The Labute approximate surface area is 117 Å². The number of amides is 1. The van der Waals surface area contributed by atoms with Crippen LogP contribution >= 0.6 is 11.6 Å². The molecule has 2 unspecified atom stereocenters. The summed E-state index contributed by atoms with van der Waals surface area (Å²) in [5.74, 6) is -1.58. The Hall–Kier alpha value is -1.55. The van der Waals surface area contributed by atoms with Crippen LogP contribution in [0.5, 0.6) is 0 Å². The van der Waals surface area contributed by atoms with Gasteiger partial charge in [-0.15, -0.1) is 0 Å². The Kier molecular flexibility index (Phi) is 4.10. The van der Waals surface area contributed by atoms with Gasteiger partial charge in [0.25, 0.3) is 0 Å². The average molecular weight is 282 g/mol. The van der Waals surface area contributed by atoms with E-state index in [-0.39, 0.29) is 24.9 Å². The molecule has 1 aromatic rings. The summed E-state index contributed by atoms with van der Waals surface area (Å²) in [6.45, 7) is 2.27. The molecule has 1 N–H and O–H groups in total. The lowest BCUT2D eigenvalue weighted by Gasteiger charge is -2.27. The molecule has 2 atom stereocenters. The van der Waals surface area contributed by atoms with Crippen molar-refractivity contribution in [3.05, 3.63) is 34.9 Å². The molecule has 1 aromatic carbocycles. The van der Waals surface area contributed by atoms with Crippen LogP contribution in [0.4, 0.5) is 0 Å². The fourth-order valence-electron chi connectivity index (χ4n) is 2.52. The van der Waals surface area contributed by atoms with Crippen LogP contribution in [0, 0.1) is 5.92 Å². The second-order valence-electron chi connectivity index (χ2n) is 4.76. The molecule has 1 saturated heterocycles. The molecule has 1 aliphatic heterocycles. The predicted octanol–water partition coefficient (Wildman–Crippen LogP) is 2.72. The van der Waals surface area contributed by atoms with Crippen LogP contribution in [-0.4, -0.2) is 28.4 Å². The summed E-state index contributed by atoms with van der Waals surface area (Å²) in [6.07, 6.45) is 0.846. The van der Waals surface area contributed by atoms with Crippen molar-refractivity contribution in [1.82, 2.24) is 4.90 Å². The van der Waals surface area contributed by atoms with Crippen LogP contribution in [0.15, 0.2) is 24.3 Å². The van der Waals surface area contributed by atoms with Crippen molar-refractivity contribution in [2.24, 2.45) is 5.92 Å². The molecule has 0 bridgehead atoms. The number of halogens is 1. The van der Waals surface area contributed by atoms with Gasteiger partial charge in [-0.2, -0.15) is 0 Å². The molecular formula is C14H16ClNO3. The Morgan fingerprint density at radius 3 is 2.58 bits per heavy atom. The SMILES string of the molecule is CCC(c1ccc(Cl)cc1)N1CC(C(=O)O)CC1=O. The molecule has 0 saturated carbocycles. The van der Waals surface area contributed by atoms with Gasteiger partial charge in [0, 0.05) is 18.0 Å². The first-order valence-corrected chi connectivity index (χ1v) is 6.68. The largest absolute Gasteiger partial charge is 0.481 e. The third kappa shape index (κ3) is 2.89. The number of carbonyl (C=O) groups is 2. The molecule has 1 heterocycles. The molecule has 0 spiro atoms. The van der Waals surface area contributed by atoms with Crippen molar-refractivity contribution in [2.45, 2.75) is 25.8 Å². The summed E-state index contributed by atoms with van der Waals surface area (Å²) in [5.41, 5.74) is 0.992. The van der Waals surface area contributed by atoms with E-state index in [1.54, 1.807) is 17.0 Å². The summed E-state index contributed by atoms with van der Waals surface area (Å²) < 4.78 is 0. The molecule has 0 radical (unpaired) electrons. The number of rotatable bonds is 4. The Morgan fingerprint density at radius 2 is 2.11 bits per heavy atom. The van der Waals surface area contributed by atoms with E-state index in [9.17, 15) is 9.59 Å². The molecule has 4 nitrogen and oxygen atoms in total. The number of hydrogen-bond donors (Lipinski definition) is 1. The third-order valence-electron chi connectivity index (χ3n) is 3.53. The summed E-state index contributed by atoms with van der Waals surface area (Å²) in [6, 6.07) is 7.27. The fourth-order valence-corrected chi connectivity index (χ4v) is 2.65. The van der Waals surface area contributed by atoms with Gasteiger partial charge < -0.3 is 10.0 Å². The Morgan fingerprint density at radius 1 is 1.47 bits per heavy atom. The molecule has 0 aromatic heterocycles. The monoisotopic (exact) mass is 281 g/mol. The van der Waals surface area contributed by atoms with Gasteiger partial charge in [0.15, 0.2) is 0 Å². The fraction of sp³-hybridized carbons (Fsp3) is 0.429. The van der Waals surface area contributed by atoms with E-state index in [0.29, 0.717) is 5.02 Å². The highest BCUT2D eigenvalue weighted by molar-refractivity contribution is 6.30. The molecule has 5 heteroatoms. The van der Waals surface area contributed by atoms with Gasteiger partial charge in [-0.25, -0.2) is 0 Å². The summed E-state index contributed by atoms with van der Waals surface area (Å²) in [7, 11) is 0. The quantitative estimate of drug-likeness (QED) is 0.923. The van der Waals surface area contributed by atoms with E-state index in [0.717, 1.165) is 12.0 Å². The van der Waals surface area contributed by atoms with Crippen LogP contribution in [0.25, 0.3) is 0 Å². The molecule has 1 amide bonds. The number of carboxylic acids is 1. The van der Waals surface area contributed by atoms with E-state index in [2.05, 4.69) is 0 Å². The van der Waals surface area contributed by atoms with Crippen LogP contribution in [0.2, 0.25) is 5.02 Å². The second kappa shape index (κ2) is 5.61. The lowest BCUT2D eigenvalue weighted by atomic mass is 10.0. The van der Waals surface area contributed by atoms with Gasteiger partial charge in [-0.05, 0) is 24.1 Å². The molecule has 1 fully saturated rings. The van der Waals surface area contributed by atoms with E-state index in [4.69, 9.17) is 16.7 Å². The van der Waals surface area contributed by atoms with Crippen LogP contribution in [0.1, 0.15) is 31.4 Å². The minimum atomic E-state index is -0.901. The first-order chi connectivity index (χ1) is 9.02. The third-order valence-corrected chi connectivity index (χ3v) is 3.78. The zero-order valence-electron chi connectivity index (χ0n) is 10.7. The zero-order chi connectivity index (χ0) is 14.0. The van der Waals surface area contributed by atoms with Crippen molar-refractivity contribution in [1.29, 1.82) is 0 Å². The van der Waals surface area contributed by atoms with Gasteiger partial charge in [0.2, 0.25) is 5.91 Å². The van der Waals surface area contributed by atoms with Crippen LogP contribution < -0.4 is 0 Å². The second-order valence-corrected chi connectivity index (χ2v) is 5.20. The van der Waals surface area contributed by atoms with Gasteiger partial charge in [-0.3, -0.25) is 9.59 Å². The van der Waals surface area contributed by atoms with Gasteiger partial charge in [-0.1, -0.05) is 30.7 Å². The summed E-state index contributed by atoms with van der Waals surface area (Å²) in [5, 5.41) is 9.66. The molecule has 102 valence electrons. The number of benzene rings is 1. The van der Waals surface area contributed by atoms with Gasteiger partial charge in [0.05, 0.1) is 12.0 Å². The highest BCUT2D eigenvalue weighted by Crippen LogP contribution is 2.31. The number of hydrogen-bond acceptors (Lipinski definition) is 2. The maximum Gasteiger partial charge on any atom is 0.308 e. The molecule has 19 heavy (non-hydrogen) atoms. The maximum absolute atomic E-state index is 12.0. The number of nitrogens with zero attached hydrogens (tertiary/aromatic N) is 1. The van der Waals surface area contributed by atoms with E-state index in [1.807, 2.05) is 19.1 Å². The maximum atomic E-state index is 12.0. The number of aliphatic carboxylic acids is 1. The average Bonchev–Trinajstić information content (AvgIpc) is 2.75. The first-order valence-electron chi connectivity index (χ1n) is 6.30. The van der Waals surface area contributed by atoms with Crippen molar-refractivity contribution < 1.29 is 14.7 Å². The minimum absolute atomic E-state index is 0.0749. The Bertz CT molecular complexity index is 486. The number of carbonyl (C=O) groups excluding carboxylic acids is 1. The van der Waals surface area contributed by atoms with Crippen molar-refractivity contribution in [3.63, 3.8) is 0 Å². The van der Waals surface area contributed by atoms with Gasteiger partial charge >= 0.3 is 5.97 Å². The topological polar surface area (TPSA) is 57.6 Å². The van der Waals surface area contributed by atoms with E-state index >= 15 is 0 Å². The van der Waals surface area contributed by atoms with Crippen LogP contribution in [-0.2, 0) is 9.59 Å². The lowest BCUT2D eigenvalue weighted by Crippen LogP contribution is -2.30. The Balaban J connectivity index is 2.20. The standard InChI is InChI=1S/C14H16ClNO3/c1-2-12(9-3-5-11(15)6-4-9)16-8-10(14(18)19)7-13(16)17/h3-6,10,12H,2,7-8H2,1H3,(H,18,19). The normalized spacial score (nSPS) is 20.6. The molecule has 2 rings (SSSR count). The minimum Gasteiger partial charge on any atom is -0.481 e. The number of likely N-dealkylation sites (tertiary alicyclic amines) is 1. The highest BCUT2D eigenvalue weighted by Gasteiger charge is 2.37. The van der Waals surface area contributed by atoms with Crippen LogP contribution in [0.3, 0.4) is 0 Å². The zero-order valence-corrected chi connectivity index (χ0v) is 11.4. The molecule has 1 aliphatic rings. The molecular weight excluding hydrogens is 266 g/mol. The lowest BCUT2D eigenvalue weighted by molar-refractivity contribution is -0.141. The molecule has 0 aliphatic carbocycles. The highest BCUT2D eigenvalue weighted by atomic mass is 35.5. The summed E-state index contributed by atoms with van der Waals surface area (Å²) >= 11 is 5.85. The van der Waals surface area contributed by atoms with Gasteiger partial charge in [0.1, 0.15) is 0 Å². The van der Waals surface area contributed by atoms with Crippen molar-refractivity contribution in [2.75, 3.05) is 6.54 Å². The van der Waals surface area contributed by atoms with Crippen molar-refractivity contribution >= 4 is 23.5 Å².